The topological polar surface area (TPSA) is 81.3 Å². The standard InChI is InChI=1S/C25H27N8OS/c1-19-13-24(32(28-19)23-5-4-20(15-26)16-27-23)29-6-8-31(9-7-29)33-11-2-3-22(33)14-21(17-33)25(34)30-10-12-35-18-30/h2-5,11,13-14,16H,6-10,12,17-18H2,1H3/q+1/t33-/m1/s1. The van der Waals surface area contributed by atoms with Crippen LogP contribution in [-0.2, 0) is 4.79 Å². The van der Waals surface area contributed by atoms with Gasteiger partial charge in [0.1, 0.15) is 24.6 Å². The lowest BCUT2D eigenvalue weighted by Gasteiger charge is -2.44. The second-order valence-corrected chi connectivity index (χ2v) is 10.3. The number of nitrogens with zero attached hydrogens (tertiary/aromatic N) is 8. The summed E-state index contributed by atoms with van der Waals surface area (Å²) < 4.78 is 2.48. The summed E-state index contributed by atoms with van der Waals surface area (Å²) in [5.41, 5.74) is 3.54. The van der Waals surface area contributed by atoms with Crippen molar-refractivity contribution in [3.8, 4) is 11.9 Å². The summed E-state index contributed by atoms with van der Waals surface area (Å²) in [5.74, 6) is 3.72. The van der Waals surface area contributed by atoms with Crippen molar-refractivity contribution >= 4 is 23.5 Å². The van der Waals surface area contributed by atoms with Crippen LogP contribution in [0, 0.1) is 18.3 Å². The number of piperazine rings is 1. The van der Waals surface area contributed by atoms with Crippen LogP contribution in [0.2, 0.25) is 0 Å². The first kappa shape index (κ1) is 22.1. The number of pyridine rings is 1. The molecular weight excluding hydrogens is 460 g/mol. The summed E-state index contributed by atoms with van der Waals surface area (Å²) in [7, 11) is 0. The maximum absolute atomic E-state index is 13.1. The predicted octanol–water partition coefficient (Wildman–Crippen LogP) is 2.19. The Morgan fingerprint density at radius 1 is 1.20 bits per heavy atom. The molecule has 35 heavy (non-hydrogen) atoms. The second-order valence-electron chi connectivity index (χ2n) is 9.21. The Morgan fingerprint density at radius 2 is 2.06 bits per heavy atom. The second kappa shape index (κ2) is 8.68. The number of aromatic nitrogens is 3. The van der Waals surface area contributed by atoms with E-state index in [1.165, 1.54) is 5.70 Å². The molecule has 4 aliphatic rings. The van der Waals surface area contributed by atoms with Gasteiger partial charge in [0, 0.05) is 49.8 Å². The van der Waals surface area contributed by atoms with Gasteiger partial charge in [-0.15, -0.1) is 16.8 Å². The highest BCUT2D eigenvalue weighted by Crippen LogP contribution is 2.38. The van der Waals surface area contributed by atoms with Gasteiger partial charge in [-0.25, -0.2) is 4.98 Å². The number of carbonyl (C=O) groups is 1. The Balaban J connectivity index is 1.18. The molecule has 6 heterocycles. The van der Waals surface area contributed by atoms with E-state index in [0.717, 1.165) is 61.4 Å². The van der Waals surface area contributed by atoms with E-state index in [2.05, 4.69) is 56.6 Å². The van der Waals surface area contributed by atoms with E-state index in [9.17, 15) is 4.79 Å². The largest absolute Gasteiger partial charge is 0.353 e. The Kier molecular flexibility index (Phi) is 5.48. The summed E-state index contributed by atoms with van der Waals surface area (Å²) in [6, 6.07) is 7.81. The van der Waals surface area contributed by atoms with Crippen LogP contribution in [0.4, 0.5) is 5.82 Å². The van der Waals surface area contributed by atoms with Gasteiger partial charge in [-0.2, -0.15) is 19.6 Å². The zero-order chi connectivity index (χ0) is 24.0. The molecule has 4 aliphatic heterocycles. The molecule has 0 unspecified atom stereocenters. The van der Waals surface area contributed by atoms with Crippen molar-refractivity contribution in [1.82, 2.24) is 24.7 Å². The van der Waals surface area contributed by atoms with E-state index in [0.29, 0.717) is 22.5 Å². The average Bonchev–Trinajstić information content (AvgIpc) is 3.67. The number of amides is 1. The van der Waals surface area contributed by atoms with Gasteiger partial charge in [0.25, 0.3) is 5.91 Å². The molecule has 2 aromatic heterocycles. The molecule has 0 spiro atoms. The third-order valence-electron chi connectivity index (χ3n) is 7.09. The maximum atomic E-state index is 13.1. The average molecular weight is 488 g/mol. The van der Waals surface area contributed by atoms with Crippen molar-refractivity contribution in [2.75, 3.05) is 55.8 Å². The van der Waals surface area contributed by atoms with Crippen LogP contribution in [-0.4, -0.2) is 86.1 Å². The van der Waals surface area contributed by atoms with Gasteiger partial charge in [-0.05, 0) is 25.1 Å². The van der Waals surface area contributed by atoms with Gasteiger partial charge in [0.05, 0.1) is 35.8 Å². The fourth-order valence-electron chi connectivity index (χ4n) is 5.29. The highest BCUT2D eigenvalue weighted by atomic mass is 32.2. The number of anilines is 1. The number of carbonyl (C=O) groups excluding carboxylic acids is 1. The highest BCUT2D eigenvalue weighted by Gasteiger charge is 2.48. The quantitative estimate of drug-likeness (QED) is 0.612. The molecule has 1 amide bonds. The number of fused-ring (bicyclic) bond motifs is 1. The number of quaternary nitrogens is 1. The molecule has 2 fully saturated rings. The van der Waals surface area contributed by atoms with Crippen LogP contribution in [0.15, 0.2) is 60.1 Å². The van der Waals surface area contributed by atoms with E-state index in [-0.39, 0.29) is 5.91 Å². The minimum atomic E-state index is 0.184. The van der Waals surface area contributed by atoms with Crippen LogP contribution >= 0.6 is 11.8 Å². The van der Waals surface area contributed by atoms with Gasteiger partial charge in [0.2, 0.25) is 0 Å². The highest BCUT2D eigenvalue weighted by molar-refractivity contribution is 7.99. The fourth-order valence-corrected chi connectivity index (χ4v) is 6.24. The molecule has 2 saturated heterocycles. The van der Waals surface area contributed by atoms with E-state index in [4.69, 9.17) is 5.26 Å². The molecule has 0 aromatic carbocycles. The number of aryl methyl sites for hydroxylation is 1. The molecule has 1 atom stereocenters. The SMILES string of the molecule is Cc1cc(N2CCN([N@@+]34C=CC=C3C=C(C(=O)N3CCSC3)C4)CC2)n(-c2ccc(C#N)cn2)n1. The molecular formula is C25H27N8OS+. The summed E-state index contributed by atoms with van der Waals surface area (Å²) >= 11 is 1.82. The van der Waals surface area contributed by atoms with Crippen LogP contribution in [0.3, 0.4) is 0 Å². The first-order valence-electron chi connectivity index (χ1n) is 11.9. The van der Waals surface area contributed by atoms with Crippen LogP contribution in [0.25, 0.3) is 5.82 Å². The molecule has 6 rings (SSSR count). The molecule has 0 bridgehead atoms. The molecule has 10 heteroatoms. The summed E-state index contributed by atoms with van der Waals surface area (Å²) in [5, 5.41) is 16.2. The zero-order valence-corrected chi connectivity index (χ0v) is 20.5. The van der Waals surface area contributed by atoms with Crippen LogP contribution in [0.5, 0.6) is 0 Å². The van der Waals surface area contributed by atoms with E-state index in [1.54, 1.807) is 12.3 Å². The monoisotopic (exact) mass is 487 g/mol. The molecule has 2 aromatic rings. The fraction of sp³-hybridized carbons (Fsp3) is 0.360. The molecule has 0 radical (unpaired) electrons. The van der Waals surface area contributed by atoms with Gasteiger partial charge < -0.3 is 9.80 Å². The van der Waals surface area contributed by atoms with E-state index >= 15 is 0 Å². The van der Waals surface area contributed by atoms with Gasteiger partial charge in [0.15, 0.2) is 11.5 Å². The number of allylic oxidation sites excluding steroid dienone is 3. The Labute approximate surface area is 208 Å². The molecule has 0 N–H and O–H groups in total. The van der Waals surface area contributed by atoms with E-state index in [1.807, 2.05) is 34.3 Å². The Hall–Kier alpha value is -3.39. The number of nitriles is 1. The summed E-state index contributed by atoms with van der Waals surface area (Å²) in [4.78, 5) is 21.8. The minimum Gasteiger partial charge on any atom is -0.353 e. The minimum absolute atomic E-state index is 0.184. The summed E-state index contributed by atoms with van der Waals surface area (Å²) in [6.45, 7) is 6.92. The van der Waals surface area contributed by atoms with Crippen molar-refractivity contribution in [2.45, 2.75) is 6.92 Å². The van der Waals surface area contributed by atoms with Crippen molar-refractivity contribution in [2.24, 2.45) is 0 Å². The Morgan fingerprint density at radius 3 is 2.77 bits per heavy atom. The van der Waals surface area contributed by atoms with Crippen molar-refractivity contribution in [1.29, 1.82) is 5.26 Å². The lowest BCUT2D eigenvalue weighted by Crippen LogP contribution is -2.60. The maximum Gasteiger partial charge on any atom is 0.256 e. The number of thioether (sulfide) groups is 1. The Bertz CT molecular complexity index is 1290. The lowest BCUT2D eigenvalue weighted by molar-refractivity contribution is -0.948. The number of hydrogen-bond donors (Lipinski definition) is 0. The van der Waals surface area contributed by atoms with E-state index < -0.39 is 0 Å². The zero-order valence-electron chi connectivity index (χ0n) is 19.7. The normalized spacial score (nSPS) is 23.9. The van der Waals surface area contributed by atoms with Gasteiger partial charge in [-0.3, -0.25) is 4.79 Å². The van der Waals surface area contributed by atoms with Crippen LogP contribution < -0.4 is 4.90 Å². The molecule has 9 nitrogen and oxygen atoms in total. The van der Waals surface area contributed by atoms with Crippen molar-refractivity contribution < 1.29 is 9.39 Å². The lowest BCUT2D eigenvalue weighted by atomic mass is 10.2. The van der Waals surface area contributed by atoms with Crippen LogP contribution in [0.1, 0.15) is 11.3 Å². The van der Waals surface area contributed by atoms with Crippen molar-refractivity contribution in [3.63, 3.8) is 0 Å². The summed E-state index contributed by atoms with van der Waals surface area (Å²) in [6.07, 6.45) is 10.2. The number of rotatable bonds is 4. The molecule has 0 aliphatic carbocycles. The first-order chi connectivity index (χ1) is 17.1. The van der Waals surface area contributed by atoms with Gasteiger partial charge >= 0.3 is 0 Å². The smallest absolute Gasteiger partial charge is 0.256 e. The predicted molar refractivity (Wildman–Crippen MR) is 134 cm³/mol. The number of hydrogen-bond acceptors (Lipinski definition) is 7. The molecule has 178 valence electrons. The first-order valence-corrected chi connectivity index (χ1v) is 13.0. The van der Waals surface area contributed by atoms with Gasteiger partial charge in [-0.1, -0.05) is 0 Å². The third kappa shape index (κ3) is 3.76. The third-order valence-corrected chi connectivity index (χ3v) is 8.05. The van der Waals surface area contributed by atoms with Crippen molar-refractivity contribution in [3.05, 3.63) is 71.4 Å². The molecule has 0 saturated carbocycles.